The number of para-hydroxylation sites is 1. The van der Waals surface area contributed by atoms with Gasteiger partial charge in [0.05, 0.1) is 11.3 Å². The minimum absolute atomic E-state index is 0.135. The molecule has 0 unspecified atom stereocenters. The molecular formula is C20H17N3O3. The van der Waals surface area contributed by atoms with Crippen molar-refractivity contribution in [3.05, 3.63) is 77.9 Å². The number of nitrogens with zero attached hydrogens (tertiary/aromatic N) is 2. The summed E-state index contributed by atoms with van der Waals surface area (Å²) in [5.74, 6) is -0.725. The van der Waals surface area contributed by atoms with E-state index >= 15 is 0 Å². The molecule has 3 amide bonds. The summed E-state index contributed by atoms with van der Waals surface area (Å²) in [6, 6.07) is 14.2. The molecular weight excluding hydrogens is 330 g/mol. The summed E-state index contributed by atoms with van der Waals surface area (Å²) in [6.45, 7) is 3.75. The molecule has 0 fully saturated rings. The van der Waals surface area contributed by atoms with Gasteiger partial charge in [0.15, 0.2) is 0 Å². The minimum atomic E-state index is -0.615. The van der Waals surface area contributed by atoms with Crippen molar-refractivity contribution in [2.45, 2.75) is 6.17 Å². The highest BCUT2D eigenvalue weighted by atomic mass is 16.2. The van der Waals surface area contributed by atoms with Crippen LogP contribution < -0.4 is 10.2 Å². The molecule has 0 bridgehead atoms. The second-order valence-electron chi connectivity index (χ2n) is 6.18. The van der Waals surface area contributed by atoms with Gasteiger partial charge in [-0.2, -0.15) is 0 Å². The van der Waals surface area contributed by atoms with Crippen molar-refractivity contribution < 1.29 is 14.4 Å². The van der Waals surface area contributed by atoms with Gasteiger partial charge in [0, 0.05) is 17.7 Å². The number of carbonyl (C=O) groups excluding carboxylic acids is 3. The highest BCUT2D eigenvalue weighted by Gasteiger charge is 2.47. The fourth-order valence-electron chi connectivity index (χ4n) is 3.53. The minimum Gasteiger partial charge on any atom is -0.351 e. The highest BCUT2D eigenvalue weighted by molar-refractivity contribution is 6.17. The van der Waals surface area contributed by atoms with E-state index < -0.39 is 6.17 Å². The summed E-state index contributed by atoms with van der Waals surface area (Å²) in [7, 11) is 0. The maximum atomic E-state index is 13.1. The van der Waals surface area contributed by atoms with Gasteiger partial charge >= 0.3 is 0 Å². The van der Waals surface area contributed by atoms with Gasteiger partial charge in [-0.3, -0.25) is 19.3 Å². The number of nitrogens with one attached hydrogen (secondary N) is 1. The number of hydrogen-bond acceptors (Lipinski definition) is 3. The van der Waals surface area contributed by atoms with Gasteiger partial charge in [-0.1, -0.05) is 36.4 Å². The van der Waals surface area contributed by atoms with Crippen LogP contribution in [-0.2, 0) is 4.79 Å². The van der Waals surface area contributed by atoms with Crippen LogP contribution in [0.5, 0.6) is 0 Å². The Bertz CT molecular complexity index is 937. The Kier molecular flexibility index (Phi) is 3.80. The first-order valence-electron chi connectivity index (χ1n) is 8.33. The molecule has 26 heavy (non-hydrogen) atoms. The van der Waals surface area contributed by atoms with Crippen LogP contribution in [0.3, 0.4) is 0 Å². The summed E-state index contributed by atoms with van der Waals surface area (Å²) in [5, 5.41) is 2.68. The topological polar surface area (TPSA) is 69.7 Å². The zero-order chi connectivity index (χ0) is 18.3. The Morgan fingerprint density at radius 3 is 2.50 bits per heavy atom. The van der Waals surface area contributed by atoms with Gasteiger partial charge in [-0.15, -0.1) is 6.58 Å². The molecule has 0 spiro atoms. The van der Waals surface area contributed by atoms with Crippen molar-refractivity contribution in [3.8, 4) is 0 Å². The fourth-order valence-corrected chi connectivity index (χ4v) is 3.53. The second kappa shape index (κ2) is 6.15. The quantitative estimate of drug-likeness (QED) is 0.861. The zero-order valence-electron chi connectivity index (χ0n) is 14.0. The van der Waals surface area contributed by atoms with Gasteiger partial charge in [0.25, 0.3) is 11.8 Å². The summed E-state index contributed by atoms with van der Waals surface area (Å²) in [6.07, 6.45) is 0.960. The lowest BCUT2D eigenvalue weighted by Crippen LogP contribution is -2.51. The van der Waals surface area contributed by atoms with Gasteiger partial charge < -0.3 is 10.2 Å². The number of anilines is 1. The summed E-state index contributed by atoms with van der Waals surface area (Å²) >= 11 is 0. The Morgan fingerprint density at radius 1 is 1.04 bits per heavy atom. The first kappa shape index (κ1) is 16.1. The van der Waals surface area contributed by atoms with Crippen molar-refractivity contribution in [1.29, 1.82) is 0 Å². The number of benzene rings is 2. The number of carbonyl (C=O) groups is 3. The summed E-state index contributed by atoms with van der Waals surface area (Å²) < 4.78 is 0. The van der Waals surface area contributed by atoms with E-state index in [9.17, 15) is 14.4 Å². The molecule has 0 saturated carbocycles. The first-order chi connectivity index (χ1) is 12.6. The van der Waals surface area contributed by atoms with Crippen LogP contribution in [0.4, 0.5) is 5.69 Å². The number of fused-ring (bicyclic) bond motifs is 5. The van der Waals surface area contributed by atoms with E-state index in [4.69, 9.17) is 0 Å². The van der Waals surface area contributed by atoms with Crippen LogP contribution in [-0.4, -0.2) is 35.7 Å². The normalized spacial score (nSPS) is 17.5. The highest BCUT2D eigenvalue weighted by Crippen LogP contribution is 2.44. The van der Waals surface area contributed by atoms with Crippen molar-refractivity contribution in [2.24, 2.45) is 0 Å². The molecule has 2 aromatic rings. The molecule has 0 saturated heterocycles. The second-order valence-corrected chi connectivity index (χ2v) is 6.18. The molecule has 0 aliphatic carbocycles. The molecule has 130 valence electrons. The average Bonchev–Trinajstić information content (AvgIpc) is 2.96. The van der Waals surface area contributed by atoms with Crippen molar-refractivity contribution >= 4 is 23.4 Å². The number of amides is 3. The molecule has 1 atom stereocenters. The molecule has 2 aromatic carbocycles. The van der Waals surface area contributed by atoms with E-state index in [1.54, 1.807) is 47.4 Å². The molecule has 0 aromatic heterocycles. The van der Waals surface area contributed by atoms with Gasteiger partial charge in [-0.25, -0.2) is 0 Å². The van der Waals surface area contributed by atoms with Gasteiger partial charge in [0.2, 0.25) is 5.91 Å². The van der Waals surface area contributed by atoms with E-state index in [0.717, 1.165) is 5.56 Å². The molecule has 2 aliphatic heterocycles. The molecule has 6 nitrogen and oxygen atoms in total. The SMILES string of the molecule is C=CCNC(=O)CN1C(=O)c2ccccc2N2C(=O)c3ccccc3[C@H]12. The monoisotopic (exact) mass is 347 g/mol. The third kappa shape index (κ3) is 2.30. The maximum absolute atomic E-state index is 13.1. The van der Waals surface area contributed by atoms with E-state index in [1.807, 2.05) is 12.1 Å². The van der Waals surface area contributed by atoms with Crippen LogP contribution in [0.1, 0.15) is 32.4 Å². The zero-order valence-corrected chi connectivity index (χ0v) is 14.0. The van der Waals surface area contributed by atoms with E-state index in [0.29, 0.717) is 23.4 Å². The van der Waals surface area contributed by atoms with Gasteiger partial charge in [-0.05, 0) is 18.2 Å². The fraction of sp³-hybridized carbons (Fsp3) is 0.150. The van der Waals surface area contributed by atoms with Crippen LogP contribution >= 0.6 is 0 Å². The molecule has 4 rings (SSSR count). The standard InChI is InChI=1S/C20H17N3O3/c1-2-11-21-17(24)12-22-18-13-7-3-4-8-14(13)20(26)23(18)16-10-6-5-9-15(16)19(22)25/h2-10,18H,1,11-12H2,(H,21,24)/t18-/m1/s1. The Hall–Kier alpha value is -3.41. The summed E-state index contributed by atoms with van der Waals surface area (Å²) in [4.78, 5) is 41.4. The first-order valence-corrected chi connectivity index (χ1v) is 8.33. The molecule has 0 radical (unpaired) electrons. The smallest absolute Gasteiger partial charge is 0.260 e. The van der Waals surface area contributed by atoms with E-state index in [-0.39, 0.29) is 24.3 Å². The Labute approximate surface area is 150 Å². The molecule has 2 heterocycles. The lowest BCUT2D eigenvalue weighted by molar-refractivity contribution is -0.122. The van der Waals surface area contributed by atoms with Crippen LogP contribution in [0, 0.1) is 0 Å². The lowest BCUT2D eigenvalue weighted by atomic mass is 10.0. The van der Waals surface area contributed by atoms with Crippen LogP contribution in [0.25, 0.3) is 0 Å². The predicted molar refractivity (Wildman–Crippen MR) is 96.7 cm³/mol. The lowest BCUT2D eigenvalue weighted by Gasteiger charge is -2.40. The number of hydrogen-bond donors (Lipinski definition) is 1. The van der Waals surface area contributed by atoms with E-state index in [2.05, 4.69) is 11.9 Å². The molecule has 6 heteroatoms. The van der Waals surface area contributed by atoms with Gasteiger partial charge in [0.1, 0.15) is 12.7 Å². The van der Waals surface area contributed by atoms with Crippen LogP contribution in [0.2, 0.25) is 0 Å². The van der Waals surface area contributed by atoms with Crippen molar-refractivity contribution in [1.82, 2.24) is 10.2 Å². The third-order valence-corrected chi connectivity index (χ3v) is 4.64. The maximum Gasteiger partial charge on any atom is 0.260 e. The van der Waals surface area contributed by atoms with Crippen molar-refractivity contribution in [3.63, 3.8) is 0 Å². The largest absolute Gasteiger partial charge is 0.351 e. The average molecular weight is 347 g/mol. The molecule has 2 aliphatic rings. The summed E-state index contributed by atoms with van der Waals surface area (Å²) in [5.41, 5.74) is 2.28. The Morgan fingerprint density at radius 2 is 1.73 bits per heavy atom. The van der Waals surface area contributed by atoms with Crippen molar-refractivity contribution in [2.75, 3.05) is 18.0 Å². The third-order valence-electron chi connectivity index (χ3n) is 4.64. The van der Waals surface area contributed by atoms with E-state index in [1.165, 1.54) is 4.90 Å². The molecule has 1 N–H and O–H groups in total. The number of rotatable bonds is 4. The predicted octanol–water partition coefficient (Wildman–Crippen LogP) is 2.10. The van der Waals surface area contributed by atoms with Crippen LogP contribution in [0.15, 0.2) is 61.2 Å². The Balaban J connectivity index is 1.82.